The van der Waals surface area contributed by atoms with Gasteiger partial charge in [0.1, 0.15) is 5.82 Å². The van der Waals surface area contributed by atoms with Gasteiger partial charge in [-0.05, 0) is 74.1 Å². The van der Waals surface area contributed by atoms with Gasteiger partial charge in [-0.25, -0.2) is 4.98 Å². The van der Waals surface area contributed by atoms with Gasteiger partial charge in [0.25, 0.3) is 5.91 Å². The first-order valence-corrected chi connectivity index (χ1v) is 11.7. The summed E-state index contributed by atoms with van der Waals surface area (Å²) in [4.78, 5) is 19.9. The maximum atomic E-state index is 13.0. The fourth-order valence-corrected chi connectivity index (χ4v) is 4.29. The van der Waals surface area contributed by atoms with E-state index in [0.717, 1.165) is 24.5 Å². The van der Waals surface area contributed by atoms with Gasteiger partial charge in [0.15, 0.2) is 5.65 Å². The SMILES string of the molecule is Cc1cc(NC(=O)c2cc(C#N)cc(C#Cc3nnc4ccc(N)cn34)c2)cnc1N1CCCCC1. The highest BCUT2D eigenvalue weighted by Crippen LogP contribution is 2.24. The first-order valence-electron chi connectivity index (χ1n) is 11.7. The van der Waals surface area contributed by atoms with Gasteiger partial charge < -0.3 is 16.0 Å². The third-order valence-electron chi connectivity index (χ3n) is 6.03. The van der Waals surface area contributed by atoms with Crippen LogP contribution in [0.4, 0.5) is 17.2 Å². The summed E-state index contributed by atoms with van der Waals surface area (Å²) >= 11 is 0. The Balaban J connectivity index is 1.38. The fraction of sp³-hybridized carbons (Fsp3) is 0.222. The zero-order valence-electron chi connectivity index (χ0n) is 19.8. The lowest BCUT2D eigenvalue weighted by Gasteiger charge is -2.29. The molecule has 5 rings (SSSR count). The molecular weight excluding hydrogens is 452 g/mol. The molecule has 3 N–H and O–H groups in total. The topological polar surface area (TPSA) is 125 Å². The van der Waals surface area contributed by atoms with Crippen molar-refractivity contribution in [3.05, 3.63) is 76.9 Å². The molecule has 0 aliphatic carbocycles. The van der Waals surface area contributed by atoms with Gasteiger partial charge in [-0.1, -0.05) is 5.92 Å². The number of nitrogens with zero attached hydrogens (tertiary/aromatic N) is 6. The number of benzene rings is 1. The van der Waals surface area contributed by atoms with Gasteiger partial charge in [-0.15, -0.1) is 10.2 Å². The van der Waals surface area contributed by atoms with Crippen LogP contribution in [0.25, 0.3) is 5.65 Å². The van der Waals surface area contributed by atoms with Crippen molar-refractivity contribution < 1.29 is 4.79 Å². The number of nitriles is 1. The predicted octanol–water partition coefficient (Wildman–Crippen LogP) is 3.53. The number of fused-ring (bicyclic) bond motifs is 1. The normalized spacial score (nSPS) is 13.1. The number of hydrogen-bond acceptors (Lipinski definition) is 7. The number of nitrogen functional groups attached to an aromatic ring is 1. The van der Waals surface area contributed by atoms with Gasteiger partial charge >= 0.3 is 0 Å². The number of carbonyl (C=O) groups excluding carboxylic acids is 1. The van der Waals surface area contributed by atoms with E-state index < -0.39 is 0 Å². The quantitative estimate of drug-likeness (QED) is 0.433. The number of anilines is 3. The maximum absolute atomic E-state index is 13.0. The van der Waals surface area contributed by atoms with Crippen molar-refractivity contribution in [2.24, 2.45) is 0 Å². The molecule has 1 aliphatic rings. The van der Waals surface area contributed by atoms with Crippen LogP contribution in [0.15, 0.2) is 48.8 Å². The summed E-state index contributed by atoms with van der Waals surface area (Å²) in [5.74, 6) is 6.95. The van der Waals surface area contributed by atoms with Crippen molar-refractivity contribution in [2.45, 2.75) is 26.2 Å². The lowest BCUT2D eigenvalue weighted by atomic mass is 10.1. The fourth-order valence-electron chi connectivity index (χ4n) is 4.29. The van der Waals surface area contributed by atoms with E-state index in [0.29, 0.717) is 39.5 Å². The molecule has 1 aliphatic heterocycles. The van der Waals surface area contributed by atoms with E-state index >= 15 is 0 Å². The number of nitrogens with two attached hydrogens (primary N) is 1. The molecule has 0 saturated carbocycles. The minimum atomic E-state index is -0.345. The molecule has 0 spiro atoms. The number of amides is 1. The van der Waals surface area contributed by atoms with E-state index in [1.807, 2.05) is 13.0 Å². The van der Waals surface area contributed by atoms with Crippen molar-refractivity contribution >= 4 is 28.7 Å². The van der Waals surface area contributed by atoms with Crippen molar-refractivity contribution in [2.75, 3.05) is 29.0 Å². The van der Waals surface area contributed by atoms with Crippen LogP contribution in [0, 0.1) is 30.1 Å². The highest BCUT2D eigenvalue weighted by Gasteiger charge is 2.16. The minimum Gasteiger partial charge on any atom is -0.398 e. The molecule has 3 aromatic heterocycles. The first kappa shape index (κ1) is 22.9. The second-order valence-corrected chi connectivity index (χ2v) is 8.74. The molecule has 0 unspecified atom stereocenters. The van der Waals surface area contributed by atoms with E-state index in [9.17, 15) is 10.1 Å². The number of carbonyl (C=O) groups is 1. The largest absolute Gasteiger partial charge is 0.398 e. The Kier molecular flexibility index (Phi) is 6.21. The Labute approximate surface area is 208 Å². The zero-order valence-corrected chi connectivity index (χ0v) is 19.8. The third kappa shape index (κ3) is 4.82. The number of hydrogen-bond donors (Lipinski definition) is 2. The van der Waals surface area contributed by atoms with Gasteiger partial charge in [0.05, 0.1) is 23.5 Å². The second-order valence-electron chi connectivity index (χ2n) is 8.74. The van der Waals surface area contributed by atoms with Crippen LogP contribution in [0.2, 0.25) is 0 Å². The molecular formula is C27H24N8O. The van der Waals surface area contributed by atoms with Gasteiger partial charge in [0.2, 0.25) is 5.82 Å². The first-order chi connectivity index (χ1) is 17.5. The summed E-state index contributed by atoms with van der Waals surface area (Å²) in [7, 11) is 0. The van der Waals surface area contributed by atoms with E-state index in [4.69, 9.17) is 5.73 Å². The summed E-state index contributed by atoms with van der Waals surface area (Å²) in [6, 6.07) is 12.3. The Morgan fingerprint density at radius 2 is 1.86 bits per heavy atom. The van der Waals surface area contributed by atoms with E-state index in [2.05, 4.69) is 43.3 Å². The molecule has 4 heterocycles. The molecule has 9 heteroatoms. The Morgan fingerprint density at radius 1 is 1.06 bits per heavy atom. The molecule has 178 valence electrons. The smallest absolute Gasteiger partial charge is 0.255 e. The Hall–Kier alpha value is -4.89. The molecule has 4 aromatic rings. The van der Waals surface area contributed by atoms with Crippen molar-refractivity contribution in [1.82, 2.24) is 19.6 Å². The van der Waals surface area contributed by atoms with Crippen LogP contribution in [-0.2, 0) is 0 Å². The molecule has 1 fully saturated rings. The van der Waals surface area contributed by atoms with Crippen LogP contribution in [-0.4, -0.2) is 38.6 Å². The summed E-state index contributed by atoms with van der Waals surface area (Å²) in [6.07, 6.45) is 6.95. The van der Waals surface area contributed by atoms with Crippen LogP contribution < -0.4 is 16.0 Å². The van der Waals surface area contributed by atoms with E-state index in [1.54, 1.807) is 41.1 Å². The summed E-state index contributed by atoms with van der Waals surface area (Å²) in [5.41, 5.74) is 9.81. The summed E-state index contributed by atoms with van der Waals surface area (Å²) in [6.45, 7) is 4.00. The average molecular weight is 477 g/mol. The lowest BCUT2D eigenvalue weighted by molar-refractivity contribution is 0.102. The molecule has 1 amide bonds. The number of aryl methyl sites for hydroxylation is 1. The molecule has 0 atom stereocenters. The van der Waals surface area contributed by atoms with Crippen molar-refractivity contribution in [1.29, 1.82) is 5.26 Å². The number of piperidine rings is 1. The minimum absolute atomic E-state index is 0.325. The van der Waals surface area contributed by atoms with E-state index in [1.165, 1.54) is 25.3 Å². The van der Waals surface area contributed by atoms with Crippen LogP contribution in [0.1, 0.15) is 52.1 Å². The van der Waals surface area contributed by atoms with Crippen molar-refractivity contribution in [3.8, 4) is 17.9 Å². The molecule has 9 nitrogen and oxygen atoms in total. The highest BCUT2D eigenvalue weighted by atomic mass is 16.1. The van der Waals surface area contributed by atoms with Crippen LogP contribution in [0.3, 0.4) is 0 Å². The third-order valence-corrected chi connectivity index (χ3v) is 6.03. The monoisotopic (exact) mass is 476 g/mol. The van der Waals surface area contributed by atoms with Crippen LogP contribution >= 0.6 is 0 Å². The highest BCUT2D eigenvalue weighted by molar-refractivity contribution is 6.04. The number of aromatic nitrogens is 4. The average Bonchev–Trinajstić information content (AvgIpc) is 3.29. The summed E-state index contributed by atoms with van der Waals surface area (Å²) < 4.78 is 1.69. The Bertz CT molecular complexity index is 1560. The second kappa shape index (κ2) is 9.77. The standard InChI is InChI=1S/C27H24N8O/c1-18-11-23(16-30-26(18)34-9-3-2-4-10-34)31-27(36)21-13-19(12-20(14-21)15-28)5-7-24-32-33-25-8-6-22(29)17-35(24)25/h6,8,11-14,16-17H,2-4,9-10,29H2,1H3,(H,31,36). The zero-order chi connectivity index (χ0) is 25.1. The lowest BCUT2D eigenvalue weighted by Crippen LogP contribution is -2.30. The summed E-state index contributed by atoms with van der Waals surface area (Å²) in [5, 5.41) is 20.5. The number of nitrogens with one attached hydrogen (secondary N) is 1. The van der Waals surface area contributed by atoms with Crippen molar-refractivity contribution in [3.63, 3.8) is 0 Å². The molecule has 0 radical (unpaired) electrons. The van der Waals surface area contributed by atoms with E-state index in [-0.39, 0.29) is 5.91 Å². The molecule has 0 bridgehead atoms. The molecule has 36 heavy (non-hydrogen) atoms. The van der Waals surface area contributed by atoms with Gasteiger partial charge in [-0.3, -0.25) is 9.20 Å². The Morgan fingerprint density at radius 3 is 2.64 bits per heavy atom. The van der Waals surface area contributed by atoms with Crippen LogP contribution in [0.5, 0.6) is 0 Å². The molecule has 1 aromatic carbocycles. The molecule has 1 saturated heterocycles. The van der Waals surface area contributed by atoms with Gasteiger partial charge in [-0.2, -0.15) is 5.26 Å². The number of pyridine rings is 2. The maximum Gasteiger partial charge on any atom is 0.255 e. The predicted molar refractivity (Wildman–Crippen MR) is 138 cm³/mol. The van der Waals surface area contributed by atoms with Gasteiger partial charge in [0, 0.05) is 36.1 Å². The number of rotatable bonds is 3.